The van der Waals surface area contributed by atoms with Gasteiger partial charge in [-0.25, -0.2) is 4.98 Å². The molecule has 0 saturated heterocycles. The summed E-state index contributed by atoms with van der Waals surface area (Å²) >= 11 is 0. The van der Waals surface area contributed by atoms with E-state index in [9.17, 15) is 13.2 Å². The molecular formula is C15H16F3N3. The van der Waals surface area contributed by atoms with Crippen molar-refractivity contribution >= 4 is 0 Å². The van der Waals surface area contributed by atoms with Crippen LogP contribution in [0.2, 0.25) is 0 Å². The number of rotatable bonds is 5. The number of aromatic amines is 1. The second kappa shape index (κ2) is 5.52. The fraction of sp³-hybridized carbons (Fsp3) is 0.400. The number of nitrogens with zero attached hydrogens (tertiary/aromatic N) is 1. The van der Waals surface area contributed by atoms with E-state index in [0.717, 1.165) is 18.3 Å². The van der Waals surface area contributed by atoms with Gasteiger partial charge in [0.25, 0.3) is 0 Å². The maximum absolute atomic E-state index is 12.7. The quantitative estimate of drug-likeness (QED) is 0.889. The monoisotopic (exact) mass is 295 g/mol. The fourth-order valence-electron chi connectivity index (χ4n) is 2.18. The second-order valence-electron chi connectivity index (χ2n) is 5.39. The summed E-state index contributed by atoms with van der Waals surface area (Å²) < 4.78 is 38.0. The van der Waals surface area contributed by atoms with E-state index in [4.69, 9.17) is 0 Å². The molecule has 3 rings (SSSR count). The summed E-state index contributed by atoms with van der Waals surface area (Å²) in [6.45, 7) is 0.722. The maximum atomic E-state index is 12.7. The Labute approximate surface area is 120 Å². The molecule has 1 aromatic carbocycles. The van der Waals surface area contributed by atoms with Crippen molar-refractivity contribution in [3.8, 4) is 0 Å². The predicted octanol–water partition coefficient (Wildman–Crippen LogP) is 3.27. The van der Waals surface area contributed by atoms with E-state index in [2.05, 4.69) is 15.3 Å². The maximum Gasteiger partial charge on any atom is 0.416 e. The summed E-state index contributed by atoms with van der Waals surface area (Å²) in [5, 5.41) is 3.36. The molecule has 0 amide bonds. The molecule has 1 saturated carbocycles. The fourth-order valence-corrected chi connectivity index (χ4v) is 2.18. The van der Waals surface area contributed by atoms with Gasteiger partial charge in [-0.3, -0.25) is 0 Å². The largest absolute Gasteiger partial charge is 0.416 e. The minimum atomic E-state index is -4.31. The third-order valence-electron chi connectivity index (χ3n) is 3.47. The number of H-pyrrole nitrogens is 1. The first kappa shape index (κ1) is 14.1. The van der Waals surface area contributed by atoms with Crippen LogP contribution in [0.1, 0.15) is 35.5 Å². The molecular weight excluding hydrogens is 279 g/mol. The van der Waals surface area contributed by atoms with Crippen LogP contribution in [0, 0.1) is 0 Å². The van der Waals surface area contributed by atoms with Gasteiger partial charge in [0, 0.05) is 30.9 Å². The molecule has 21 heavy (non-hydrogen) atoms. The van der Waals surface area contributed by atoms with Crippen LogP contribution in [0.3, 0.4) is 0 Å². The normalized spacial score (nSPS) is 15.4. The SMILES string of the molecule is FC(F)(F)c1cccc(Cc2ncc(CNC3CC3)[nH]2)c1. The number of hydrogen-bond acceptors (Lipinski definition) is 2. The Morgan fingerprint density at radius 2 is 2.10 bits per heavy atom. The predicted molar refractivity (Wildman–Crippen MR) is 72.7 cm³/mol. The Morgan fingerprint density at radius 3 is 2.81 bits per heavy atom. The van der Waals surface area contributed by atoms with Crippen molar-refractivity contribution in [2.45, 2.75) is 38.0 Å². The molecule has 0 unspecified atom stereocenters. The van der Waals surface area contributed by atoms with Crippen LogP contribution in [-0.2, 0) is 19.1 Å². The Balaban J connectivity index is 1.65. The lowest BCUT2D eigenvalue weighted by atomic mass is 10.1. The molecule has 1 aliphatic carbocycles. The number of alkyl halides is 3. The summed E-state index contributed by atoms with van der Waals surface area (Å²) in [5.41, 5.74) is 0.937. The van der Waals surface area contributed by atoms with E-state index in [1.807, 2.05) is 0 Å². The van der Waals surface area contributed by atoms with Gasteiger partial charge < -0.3 is 10.3 Å². The first-order chi connectivity index (χ1) is 10.0. The van der Waals surface area contributed by atoms with Crippen LogP contribution in [0.5, 0.6) is 0 Å². The Hall–Kier alpha value is -1.82. The van der Waals surface area contributed by atoms with Gasteiger partial charge in [-0.1, -0.05) is 18.2 Å². The van der Waals surface area contributed by atoms with Gasteiger partial charge in [-0.15, -0.1) is 0 Å². The summed E-state index contributed by atoms with van der Waals surface area (Å²) in [6.07, 6.45) is 0.223. The topological polar surface area (TPSA) is 40.7 Å². The smallest absolute Gasteiger partial charge is 0.345 e. The number of benzene rings is 1. The highest BCUT2D eigenvalue weighted by Gasteiger charge is 2.30. The summed E-state index contributed by atoms with van der Waals surface area (Å²) in [4.78, 5) is 7.37. The highest BCUT2D eigenvalue weighted by atomic mass is 19.4. The average molecular weight is 295 g/mol. The van der Waals surface area contributed by atoms with Crippen LogP contribution < -0.4 is 5.32 Å². The third kappa shape index (κ3) is 3.85. The molecule has 0 spiro atoms. The number of hydrogen-bond donors (Lipinski definition) is 2. The van der Waals surface area contributed by atoms with Gasteiger partial charge in [-0.05, 0) is 24.5 Å². The number of nitrogens with one attached hydrogen (secondary N) is 2. The van der Waals surface area contributed by atoms with E-state index in [0.29, 0.717) is 23.9 Å². The molecule has 2 aromatic rings. The second-order valence-corrected chi connectivity index (χ2v) is 5.39. The van der Waals surface area contributed by atoms with E-state index < -0.39 is 11.7 Å². The van der Waals surface area contributed by atoms with E-state index >= 15 is 0 Å². The Morgan fingerprint density at radius 1 is 1.29 bits per heavy atom. The van der Waals surface area contributed by atoms with Crippen molar-refractivity contribution in [1.29, 1.82) is 0 Å². The van der Waals surface area contributed by atoms with Crippen LogP contribution in [-0.4, -0.2) is 16.0 Å². The molecule has 0 atom stereocenters. The minimum absolute atomic E-state index is 0.368. The highest BCUT2D eigenvalue weighted by Crippen LogP contribution is 2.29. The van der Waals surface area contributed by atoms with Gasteiger partial charge in [0.05, 0.1) is 5.56 Å². The molecule has 1 fully saturated rings. The lowest BCUT2D eigenvalue weighted by molar-refractivity contribution is -0.137. The number of aromatic nitrogens is 2. The van der Waals surface area contributed by atoms with E-state index in [-0.39, 0.29) is 0 Å². The molecule has 2 N–H and O–H groups in total. The molecule has 0 bridgehead atoms. The van der Waals surface area contributed by atoms with Crippen LogP contribution >= 0.6 is 0 Å². The summed E-state index contributed by atoms with van der Waals surface area (Å²) in [5.74, 6) is 0.682. The van der Waals surface area contributed by atoms with Crippen LogP contribution in [0.4, 0.5) is 13.2 Å². The highest BCUT2D eigenvalue weighted by molar-refractivity contribution is 5.28. The molecule has 0 aliphatic heterocycles. The van der Waals surface area contributed by atoms with Crippen molar-refractivity contribution in [2.24, 2.45) is 0 Å². The van der Waals surface area contributed by atoms with Gasteiger partial charge in [-0.2, -0.15) is 13.2 Å². The van der Waals surface area contributed by atoms with Crippen LogP contribution in [0.25, 0.3) is 0 Å². The first-order valence-corrected chi connectivity index (χ1v) is 6.93. The molecule has 6 heteroatoms. The average Bonchev–Trinajstić information content (AvgIpc) is 3.16. The molecule has 1 heterocycles. The van der Waals surface area contributed by atoms with Crippen molar-refractivity contribution in [2.75, 3.05) is 0 Å². The zero-order valence-electron chi connectivity index (χ0n) is 11.4. The third-order valence-corrected chi connectivity index (χ3v) is 3.47. The van der Waals surface area contributed by atoms with Crippen molar-refractivity contribution < 1.29 is 13.2 Å². The zero-order valence-corrected chi connectivity index (χ0v) is 11.4. The first-order valence-electron chi connectivity index (χ1n) is 6.93. The minimum Gasteiger partial charge on any atom is -0.345 e. The zero-order chi connectivity index (χ0) is 14.9. The van der Waals surface area contributed by atoms with Gasteiger partial charge in [0.2, 0.25) is 0 Å². The number of halogens is 3. The summed E-state index contributed by atoms with van der Waals surface area (Å²) in [7, 11) is 0. The van der Waals surface area contributed by atoms with E-state index in [1.54, 1.807) is 12.3 Å². The van der Waals surface area contributed by atoms with Gasteiger partial charge >= 0.3 is 6.18 Å². The van der Waals surface area contributed by atoms with Crippen molar-refractivity contribution in [1.82, 2.24) is 15.3 Å². The van der Waals surface area contributed by atoms with E-state index in [1.165, 1.54) is 25.0 Å². The molecule has 0 radical (unpaired) electrons. The standard InChI is InChI=1S/C15H16F3N3/c16-15(17,18)11-3-1-2-10(6-11)7-14-20-9-13(21-14)8-19-12-4-5-12/h1-3,6,9,12,19H,4-5,7-8H2,(H,20,21). The van der Waals surface area contributed by atoms with Gasteiger partial charge in [0.15, 0.2) is 0 Å². The molecule has 112 valence electrons. The molecule has 3 nitrogen and oxygen atoms in total. The van der Waals surface area contributed by atoms with Crippen molar-refractivity contribution in [3.63, 3.8) is 0 Å². The molecule has 1 aromatic heterocycles. The number of imidazole rings is 1. The lowest BCUT2D eigenvalue weighted by Gasteiger charge is -2.07. The Bertz CT molecular complexity index is 615. The Kier molecular flexibility index (Phi) is 3.71. The van der Waals surface area contributed by atoms with Gasteiger partial charge in [0.1, 0.15) is 5.82 Å². The molecule has 1 aliphatic rings. The van der Waals surface area contributed by atoms with Crippen molar-refractivity contribution in [3.05, 3.63) is 53.1 Å². The lowest BCUT2D eigenvalue weighted by Crippen LogP contribution is -2.15. The summed E-state index contributed by atoms with van der Waals surface area (Å²) in [6, 6.07) is 5.97. The van der Waals surface area contributed by atoms with Crippen LogP contribution in [0.15, 0.2) is 30.5 Å².